The number of benzene rings is 1. The zero-order chi connectivity index (χ0) is 27.0. The van der Waals surface area contributed by atoms with E-state index in [-0.39, 0.29) is 36.4 Å². The Hall–Kier alpha value is -2.77. The Morgan fingerprint density at radius 2 is 1.97 bits per heavy atom. The van der Waals surface area contributed by atoms with Gasteiger partial charge in [0.1, 0.15) is 34.0 Å². The summed E-state index contributed by atoms with van der Waals surface area (Å²) in [6.45, 7) is 6.25. The van der Waals surface area contributed by atoms with E-state index in [1.807, 2.05) is 6.92 Å². The van der Waals surface area contributed by atoms with Gasteiger partial charge in [-0.3, -0.25) is 4.79 Å². The SMILES string of the molecule is COc1ccc([C@@H](C)NC(=O)[C@@H](COCCOCCOCCN=[N+]=N)SC2NC(=O)NCC2C)c(F)c1. The Bertz CT molecular complexity index is 922. The van der Waals surface area contributed by atoms with Crippen molar-refractivity contribution in [2.75, 3.05) is 59.8 Å². The number of carbonyl (C=O) groups excluding carboxylic acids is 2. The normalized spacial score (nSPS) is 18.6. The molecule has 206 valence electrons. The molecule has 1 saturated heterocycles. The Morgan fingerprint density at radius 3 is 2.65 bits per heavy atom. The predicted molar refractivity (Wildman–Crippen MR) is 135 cm³/mol. The molecule has 1 aromatic rings. The van der Waals surface area contributed by atoms with Gasteiger partial charge >= 0.3 is 6.03 Å². The third-order valence-corrected chi connectivity index (χ3v) is 6.98. The molecule has 1 aromatic carbocycles. The van der Waals surface area contributed by atoms with Crippen molar-refractivity contribution in [1.29, 1.82) is 5.53 Å². The molecular weight excluding hydrogens is 507 g/mol. The molecule has 2 rings (SSSR count). The standard InChI is InChI=1S/C23H35FN6O6S/c1-15-13-26-23(32)29-22(15)37-20(14-36-11-10-35-9-8-34-7-6-27-30-25)21(31)28-16(2)18-5-4-17(33-3)12-19(18)24/h4-5,12,15-16,20,22,25H,6-11,13-14H2,1-3H3,(H2-,26,28,29,31,32)/p+1/t15?,16-,20-,22?/m1/s1. The van der Waals surface area contributed by atoms with Gasteiger partial charge in [0.25, 0.3) is 0 Å². The van der Waals surface area contributed by atoms with E-state index in [2.05, 4.69) is 26.0 Å². The molecule has 0 radical (unpaired) electrons. The molecule has 0 aliphatic carbocycles. The zero-order valence-electron chi connectivity index (χ0n) is 21.3. The first-order valence-corrected chi connectivity index (χ1v) is 12.9. The maximum Gasteiger partial charge on any atom is 0.315 e. The van der Waals surface area contributed by atoms with Crippen LogP contribution in [0.25, 0.3) is 0 Å². The van der Waals surface area contributed by atoms with Crippen LogP contribution in [0.1, 0.15) is 25.5 Å². The quantitative estimate of drug-likeness (QED) is 0.133. The van der Waals surface area contributed by atoms with Gasteiger partial charge in [0.15, 0.2) is 0 Å². The van der Waals surface area contributed by atoms with E-state index in [4.69, 9.17) is 24.5 Å². The third-order valence-electron chi connectivity index (χ3n) is 5.43. The highest BCUT2D eigenvalue weighted by molar-refractivity contribution is 8.01. The second kappa shape index (κ2) is 16.9. The molecule has 4 N–H and O–H groups in total. The van der Waals surface area contributed by atoms with Crippen LogP contribution in [0.15, 0.2) is 23.3 Å². The molecule has 0 aromatic heterocycles. The highest BCUT2D eigenvalue weighted by Crippen LogP contribution is 2.26. The minimum absolute atomic E-state index is 0.0822. The van der Waals surface area contributed by atoms with Gasteiger partial charge in [-0.15, -0.1) is 11.8 Å². The van der Waals surface area contributed by atoms with E-state index in [9.17, 15) is 14.0 Å². The van der Waals surface area contributed by atoms with Crippen LogP contribution >= 0.6 is 11.8 Å². The van der Waals surface area contributed by atoms with Crippen LogP contribution in [0.3, 0.4) is 0 Å². The van der Waals surface area contributed by atoms with Crippen LogP contribution in [0.2, 0.25) is 0 Å². The van der Waals surface area contributed by atoms with Crippen molar-refractivity contribution < 1.29 is 32.9 Å². The number of thioether (sulfide) groups is 1. The Kier molecular flexibility index (Phi) is 13.9. The number of urea groups is 1. The van der Waals surface area contributed by atoms with Crippen LogP contribution in [0.5, 0.6) is 5.75 Å². The molecule has 0 bridgehead atoms. The smallest absolute Gasteiger partial charge is 0.315 e. The third kappa shape index (κ3) is 11.0. The molecule has 1 fully saturated rings. The number of methoxy groups -OCH3 is 1. The highest BCUT2D eigenvalue weighted by atomic mass is 32.2. The number of nitrogens with zero attached hydrogens (tertiary/aromatic N) is 2. The lowest BCUT2D eigenvalue weighted by Crippen LogP contribution is -2.54. The number of ether oxygens (including phenoxy) is 4. The number of amides is 3. The minimum Gasteiger partial charge on any atom is -0.497 e. The van der Waals surface area contributed by atoms with Gasteiger partial charge in [0.05, 0.1) is 58.2 Å². The van der Waals surface area contributed by atoms with Crippen molar-refractivity contribution in [3.8, 4) is 5.75 Å². The van der Waals surface area contributed by atoms with Crippen LogP contribution in [0.4, 0.5) is 9.18 Å². The number of nitrogens with one attached hydrogen (secondary N) is 4. The summed E-state index contributed by atoms with van der Waals surface area (Å²) in [6.07, 6.45) is 0. The van der Waals surface area contributed by atoms with Crippen molar-refractivity contribution in [1.82, 2.24) is 20.9 Å². The summed E-state index contributed by atoms with van der Waals surface area (Å²) in [6, 6.07) is 3.60. The second-order valence-electron chi connectivity index (χ2n) is 8.26. The summed E-state index contributed by atoms with van der Waals surface area (Å²) in [5, 5.41) is 11.0. The summed E-state index contributed by atoms with van der Waals surface area (Å²) >= 11 is 1.30. The fourth-order valence-corrected chi connectivity index (χ4v) is 4.62. The number of hydrogen-bond donors (Lipinski definition) is 4. The Morgan fingerprint density at radius 1 is 1.27 bits per heavy atom. The Balaban J connectivity index is 1.87. The lowest BCUT2D eigenvalue weighted by molar-refractivity contribution is -0.122. The van der Waals surface area contributed by atoms with Crippen molar-refractivity contribution >= 4 is 23.7 Å². The van der Waals surface area contributed by atoms with Crippen LogP contribution < -0.4 is 25.6 Å². The molecule has 1 aliphatic heterocycles. The van der Waals surface area contributed by atoms with Crippen LogP contribution in [0, 0.1) is 17.3 Å². The summed E-state index contributed by atoms with van der Waals surface area (Å²) in [4.78, 5) is 27.9. The van der Waals surface area contributed by atoms with E-state index in [1.54, 1.807) is 19.1 Å². The van der Waals surface area contributed by atoms with E-state index in [0.717, 1.165) is 0 Å². The van der Waals surface area contributed by atoms with Crippen LogP contribution in [-0.4, -0.2) is 82.4 Å². The summed E-state index contributed by atoms with van der Waals surface area (Å²) in [5.74, 6) is -0.331. The van der Waals surface area contributed by atoms with Gasteiger partial charge in [-0.2, -0.15) is 0 Å². The number of carbonyl (C=O) groups is 2. The molecule has 0 spiro atoms. The highest BCUT2D eigenvalue weighted by Gasteiger charge is 2.32. The largest absolute Gasteiger partial charge is 0.497 e. The van der Waals surface area contributed by atoms with Gasteiger partial charge in [0.2, 0.25) is 10.8 Å². The van der Waals surface area contributed by atoms with Gasteiger partial charge in [0, 0.05) is 24.1 Å². The topological polar surface area (TPSA) is 157 Å². The lowest BCUT2D eigenvalue weighted by Gasteiger charge is -2.32. The second-order valence-corrected chi connectivity index (χ2v) is 9.61. The molecule has 12 nitrogen and oxygen atoms in total. The summed E-state index contributed by atoms with van der Waals surface area (Å²) < 4.78 is 36.0. The number of halogens is 1. The van der Waals surface area contributed by atoms with Gasteiger partial charge in [-0.25, -0.2) is 9.18 Å². The molecule has 1 heterocycles. The molecule has 37 heavy (non-hydrogen) atoms. The number of hydrogen-bond acceptors (Lipinski definition) is 9. The maximum absolute atomic E-state index is 14.5. The Labute approximate surface area is 219 Å². The number of rotatable bonds is 17. The molecule has 1 aliphatic rings. The van der Waals surface area contributed by atoms with E-state index < -0.39 is 17.1 Å². The molecule has 14 heteroatoms. The minimum atomic E-state index is -0.649. The van der Waals surface area contributed by atoms with Gasteiger partial charge < -0.3 is 34.9 Å². The van der Waals surface area contributed by atoms with Crippen LogP contribution in [-0.2, 0) is 19.0 Å². The molecule has 0 saturated carbocycles. The lowest BCUT2D eigenvalue weighted by atomic mass is 10.1. The zero-order valence-corrected chi connectivity index (χ0v) is 22.1. The van der Waals surface area contributed by atoms with Gasteiger partial charge in [-0.1, -0.05) is 13.0 Å². The van der Waals surface area contributed by atoms with E-state index >= 15 is 0 Å². The first-order valence-electron chi connectivity index (χ1n) is 12.0. The molecule has 4 atom stereocenters. The average Bonchev–Trinajstić information content (AvgIpc) is 2.88. The monoisotopic (exact) mass is 543 g/mol. The fourth-order valence-electron chi connectivity index (χ4n) is 3.36. The van der Waals surface area contributed by atoms with E-state index in [1.165, 1.54) is 24.9 Å². The predicted octanol–water partition coefficient (Wildman–Crippen LogP) is 1.99. The van der Waals surface area contributed by atoms with Gasteiger partial charge in [-0.05, 0) is 13.0 Å². The van der Waals surface area contributed by atoms with Crippen molar-refractivity contribution in [2.45, 2.75) is 30.5 Å². The van der Waals surface area contributed by atoms with Crippen molar-refractivity contribution in [2.24, 2.45) is 11.0 Å². The molecule has 3 amide bonds. The summed E-state index contributed by atoms with van der Waals surface area (Å²) in [7, 11) is 1.46. The maximum atomic E-state index is 14.5. The van der Waals surface area contributed by atoms with Crippen molar-refractivity contribution in [3.05, 3.63) is 29.6 Å². The molecule has 2 unspecified atom stereocenters. The first kappa shape index (κ1) is 30.5. The molecular formula is C23H36FN6O6S+. The first-order chi connectivity index (χ1) is 17.8. The average molecular weight is 544 g/mol. The fraction of sp³-hybridized carbons (Fsp3) is 0.652. The summed E-state index contributed by atoms with van der Waals surface area (Å²) in [5.41, 5.74) is 6.89. The van der Waals surface area contributed by atoms with E-state index in [0.29, 0.717) is 50.8 Å². The van der Waals surface area contributed by atoms with Crippen molar-refractivity contribution in [3.63, 3.8) is 0 Å².